The van der Waals surface area contributed by atoms with E-state index in [0.29, 0.717) is 12.1 Å². The van der Waals surface area contributed by atoms with Gasteiger partial charge in [-0.25, -0.2) is 25.2 Å². The number of hydrogen-bond donors (Lipinski definition) is 6. The molecule has 7 N–H and O–H groups in total. The molecule has 4 rings (SSSR count). The van der Waals surface area contributed by atoms with Crippen molar-refractivity contribution in [2.24, 2.45) is 20.5 Å². The van der Waals surface area contributed by atoms with Crippen LogP contribution in [0.5, 0.6) is 11.5 Å². The zero-order valence-corrected chi connectivity index (χ0v) is 34.5. The molecule has 4 aromatic rings. The largest absolute Gasteiger partial charge is 0.505 e. The van der Waals surface area contributed by atoms with Crippen LogP contribution in [-0.4, -0.2) is 106 Å². The maximum absolute atomic E-state index is 12.9. The van der Waals surface area contributed by atoms with Crippen LogP contribution in [0, 0.1) is 6.92 Å². The van der Waals surface area contributed by atoms with Gasteiger partial charge in [-0.2, -0.15) is 38.8 Å². The summed E-state index contributed by atoms with van der Waals surface area (Å²) in [6.07, 6.45) is 0. The summed E-state index contributed by atoms with van der Waals surface area (Å²) in [5, 5.41) is 25.3. The van der Waals surface area contributed by atoms with Gasteiger partial charge in [-0.3, -0.25) is 18.2 Å². The number of phenols is 1. The summed E-state index contributed by atoms with van der Waals surface area (Å²) >= 11 is 0. The third-order valence-electron chi connectivity index (χ3n) is 7.57. The van der Waals surface area contributed by atoms with E-state index in [1.165, 1.54) is 6.92 Å². The number of ether oxygens (including phenoxy) is 1. The van der Waals surface area contributed by atoms with Crippen molar-refractivity contribution in [1.82, 2.24) is 0 Å². The van der Waals surface area contributed by atoms with Crippen LogP contribution >= 0.6 is 0 Å². The summed E-state index contributed by atoms with van der Waals surface area (Å²) in [7, 11) is -27.9. The number of rotatable bonds is 17. The molecular formula is C28H29N5O20S6. The van der Waals surface area contributed by atoms with Gasteiger partial charge in [-0.15, -0.1) is 15.3 Å². The molecule has 0 spiro atoms. The van der Waals surface area contributed by atoms with Crippen molar-refractivity contribution in [2.45, 2.75) is 26.5 Å². The van der Waals surface area contributed by atoms with Crippen LogP contribution in [-0.2, 0) is 69.1 Å². The van der Waals surface area contributed by atoms with E-state index in [1.807, 2.05) is 0 Å². The average Bonchev–Trinajstić information content (AvgIpc) is 3.08. The lowest BCUT2D eigenvalue weighted by Gasteiger charge is -2.14. The van der Waals surface area contributed by atoms with Crippen LogP contribution in [0.15, 0.2) is 88.6 Å². The predicted molar refractivity (Wildman–Crippen MR) is 201 cm³/mol. The van der Waals surface area contributed by atoms with Gasteiger partial charge in [-0.05, 0) is 60.3 Å². The summed E-state index contributed by atoms with van der Waals surface area (Å²) in [5.74, 6) is -3.26. The standard InChI is InChI=1S/C28H29N5O20S6/c1-15-11-19(20(51-2)14-21(15)55(37,38)10-8-53-59(48,49)50)31-33-27-23(57(42,43)44)13-16-12-22(56(39,40)41)26(25(29)24(16)28(27)34)32-30-17-3-5-18(6-4-17)54(35,36)9-7-52-58(45,46)47/h3-6,11-14,34H,7-10,29H2,1-2H3,(H,39,40,41)(H,42,43,44)(H,45,46,47)(H,48,49,50). The van der Waals surface area contributed by atoms with Gasteiger partial charge in [0.25, 0.3) is 20.2 Å². The SMILES string of the molecule is COc1cc(S(=O)(=O)CCOS(=O)(=O)O)c(C)cc1N=Nc1c(S(=O)(=O)O)cc2cc(S(=O)(=O)O)c(N=Nc3ccc(S(=O)(=O)CCOS(=O)(=O)O)cc3)c(N)c2c1O. The first kappa shape index (κ1) is 46.9. The van der Waals surface area contributed by atoms with Crippen molar-refractivity contribution in [1.29, 1.82) is 0 Å². The topological polar surface area (TPSA) is 409 Å². The molecule has 322 valence electrons. The molecule has 0 aliphatic heterocycles. The van der Waals surface area contributed by atoms with Gasteiger partial charge in [-0.1, -0.05) is 0 Å². The molecule has 0 amide bonds. The Morgan fingerprint density at radius 3 is 1.61 bits per heavy atom. The second-order valence-corrected chi connectivity index (χ2v) is 20.7. The van der Waals surface area contributed by atoms with Gasteiger partial charge >= 0.3 is 20.8 Å². The minimum Gasteiger partial charge on any atom is -0.505 e. The number of anilines is 1. The Hall–Kier alpha value is -4.80. The maximum Gasteiger partial charge on any atom is 0.397 e. The summed E-state index contributed by atoms with van der Waals surface area (Å²) in [6, 6.07) is 7.36. The average molecular weight is 948 g/mol. The van der Waals surface area contributed by atoms with Crippen molar-refractivity contribution in [3.63, 3.8) is 0 Å². The Balaban J connectivity index is 1.83. The van der Waals surface area contributed by atoms with Crippen molar-refractivity contribution >= 4 is 99.9 Å². The highest BCUT2D eigenvalue weighted by atomic mass is 32.3. The molecule has 31 heteroatoms. The number of azo groups is 2. The highest BCUT2D eigenvalue weighted by Crippen LogP contribution is 2.48. The molecule has 0 aliphatic rings. The number of aromatic hydroxyl groups is 1. The van der Waals surface area contributed by atoms with Crippen molar-refractivity contribution in [3.05, 3.63) is 54.1 Å². The smallest absolute Gasteiger partial charge is 0.397 e. The zero-order chi connectivity index (χ0) is 44.5. The van der Waals surface area contributed by atoms with Gasteiger partial charge in [0.05, 0.1) is 58.4 Å². The van der Waals surface area contributed by atoms with Crippen LogP contribution in [0.25, 0.3) is 10.8 Å². The quantitative estimate of drug-likeness (QED) is 0.0503. The number of phenolic OH excluding ortho intramolecular Hbond substituents is 1. The molecule has 59 heavy (non-hydrogen) atoms. The monoisotopic (exact) mass is 947 g/mol. The molecule has 0 heterocycles. The lowest BCUT2D eigenvalue weighted by Crippen LogP contribution is -2.16. The van der Waals surface area contributed by atoms with Crippen molar-refractivity contribution in [2.75, 3.05) is 37.6 Å². The van der Waals surface area contributed by atoms with E-state index in [-0.39, 0.29) is 27.6 Å². The number of benzene rings is 4. The van der Waals surface area contributed by atoms with Crippen LogP contribution < -0.4 is 10.5 Å². The minimum atomic E-state index is -5.34. The summed E-state index contributed by atoms with van der Waals surface area (Å²) in [4.78, 5) is -3.03. The first-order chi connectivity index (χ1) is 26.9. The van der Waals surface area contributed by atoms with Crippen LogP contribution in [0.4, 0.5) is 28.4 Å². The fourth-order valence-corrected chi connectivity index (χ4v) is 9.57. The number of nitrogens with zero attached hydrogens (tertiary/aromatic N) is 4. The molecule has 0 aromatic heterocycles. The lowest BCUT2D eigenvalue weighted by atomic mass is 10.1. The fourth-order valence-electron chi connectivity index (χ4n) is 4.99. The van der Waals surface area contributed by atoms with E-state index in [2.05, 4.69) is 28.8 Å². The molecule has 0 fully saturated rings. The Labute approximate surface area is 335 Å². The minimum absolute atomic E-state index is 0.0390. The van der Waals surface area contributed by atoms with E-state index in [1.54, 1.807) is 0 Å². The van der Waals surface area contributed by atoms with E-state index in [9.17, 15) is 64.7 Å². The lowest BCUT2D eigenvalue weighted by molar-refractivity contribution is 0.282. The van der Waals surface area contributed by atoms with E-state index < -0.39 is 134 Å². The molecular weight excluding hydrogens is 919 g/mol. The number of methoxy groups -OCH3 is 1. The number of sulfone groups is 2. The third-order valence-corrected chi connectivity index (χ3v) is 13.7. The van der Waals surface area contributed by atoms with Gasteiger partial charge in [0.2, 0.25) is 0 Å². The Morgan fingerprint density at radius 2 is 1.12 bits per heavy atom. The summed E-state index contributed by atoms with van der Waals surface area (Å²) < 4.78 is 194. The Kier molecular flexibility index (Phi) is 13.6. The number of hydrogen-bond acceptors (Lipinski definition) is 21. The van der Waals surface area contributed by atoms with Crippen LogP contribution in [0.3, 0.4) is 0 Å². The highest BCUT2D eigenvalue weighted by Gasteiger charge is 2.29. The first-order valence-electron chi connectivity index (χ1n) is 15.3. The number of nitrogen functional groups attached to an aromatic ring is 1. The third kappa shape index (κ3) is 11.7. The second-order valence-electron chi connectivity index (χ2n) is 11.6. The molecule has 0 atom stereocenters. The summed E-state index contributed by atoms with van der Waals surface area (Å²) in [6.45, 7) is -0.595. The van der Waals surface area contributed by atoms with Gasteiger partial charge in [0.1, 0.15) is 32.6 Å². The number of fused-ring (bicyclic) bond motifs is 1. The second kappa shape index (κ2) is 17.1. The molecule has 0 saturated heterocycles. The number of nitrogens with two attached hydrogens (primary N) is 1. The first-order valence-corrected chi connectivity index (χ1v) is 24.2. The van der Waals surface area contributed by atoms with Gasteiger partial charge in [0.15, 0.2) is 25.4 Å². The van der Waals surface area contributed by atoms with E-state index in [0.717, 1.165) is 43.5 Å². The van der Waals surface area contributed by atoms with Crippen molar-refractivity contribution in [3.8, 4) is 11.5 Å². The highest BCUT2D eigenvalue weighted by molar-refractivity contribution is 7.92. The fraction of sp³-hybridized carbons (Fsp3) is 0.214. The van der Waals surface area contributed by atoms with Gasteiger partial charge < -0.3 is 15.6 Å². The molecule has 0 radical (unpaired) electrons. The van der Waals surface area contributed by atoms with Crippen LogP contribution in [0.1, 0.15) is 5.56 Å². The zero-order valence-electron chi connectivity index (χ0n) is 29.6. The Morgan fingerprint density at radius 1 is 0.627 bits per heavy atom. The Bertz CT molecular complexity index is 3080. The molecule has 0 aliphatic carbocycles. The van der Waals surface area contributed by atoms with Gasteiger partial charge in [0, 0.05) is 6.07 Å². The van der Waals surface area contributed by atoms with E-state index in [4.69, 9.17) is 19.6 Å². The number of aryl methyl sites for hydroxylation is 1. The molecule has 0 bridgehead atoms. The maximum atomic E-state index is 12.9. The van der Waals surface area contributed by atoms with E-state index >= 15 is 0 Å². The predicted octanol–water partition coefficient (Wildman–Crippen LogP) is 2.96. The molecule has 0 unspecified atom stereocenters. The molecule has 0 saturated carbocycles. The summed E-state index contributed by atoms with van der Waals surface area (Å²) in [5.41, 5.74) is 3.09. The van der Waals surface area contributed by atoms with Crippen molar-refractivity contribution < 1.29 is 86.9 Å². The normalized spacial score (nSPS) is 13.5. The molecule has 4 aromatic carbocycles. The molecule has 25 nitrogen and oxygen atoms in total. The van der Waals surface area contributed by atoms with Crippen LogP contribution in [0.2, 0.25) is 0 Å².